The van der Waals surface area contributed by atoms with E-state index in [2.05, 4.69) is 4.98 Å². The minimum absolute atomic E-state index is 0.117. The Hall–Kier alpha value is -1.39. The van der Waals surface area contributed by atoms with E-state index in [1.807, 2.05) is 22.7 Å². The highest BCUT2D eigenvalue weighted by molar-refractivity contribution is 5.54. The first-order chi connectivity index (χ1) is 6.86. The van der Waals surface area contributed by atoms with Gasteiger partial charge in [-0.15, -0.1) is 0 Å². The van der Waals surface area contributed by atoms with Crippen molar-refractivity contribution in [2.75, 3.05) is 6.61 Å². The highest BCUT2D eigenvalue weighted by Crippen LogP contribution is 2.12. The van der Waals surface area contributed by atoms with E-state index in [-0.39, 0.29) is 6.61 Å². The number of rotatable bonds is 3. The van der Waals surface area contributed by atoms with Crippen LogP contribution in [0.15, 0.2) is 24.5 Å². The predicted octanol–water partition coefficient (Wildman–Crippen LogP) is 0.328. The van der Waals surface area contributed by atoms with E-state index in [0.29, 0.717) is 13.0 Å². The number of hydrogen-bond donors (Lipinski definition) is 2. The second-order valence-corrected chi connectivity index (χ2v) is 3.14. The van der Waals surface area contributed by atoms with Crippen LogP contribution in [0.2, 0.25) is 0 Å². The maximum atomic E-state index is 8.85. The molecule has 0 amide bonds. The van der Waals surface area contributed by atoms with E-state index in [1.165, 1.54) is 0 Å². The fourth-order valence-corrected chi connectivity index (χ4v) is 1.59. The van der Waals surface area contributed by atoms with Crippen LogP contribution >= 0.6 is 0 Å². The van der Waals surface area contributed by atoms with Crippen LogP contribution in [0.4, 0.5) is 0 Å². The Morgan fingerprint density at radius 1 is 1.50 bits per heavy atom. The lowest BCUT2D eigenvalue weighted by atomic mass is 10.2. The minimum atomic E-state index is 0.117. The van der Waals surface area contributed by atoms with Crippen molar-refractivity contribution in [1.82, 2.24) is 9.38 Å². The minimum Gasteiger partial charge on any atom is -0.396 e. The van der Waals surface area contributed by atoms with Crippen molar-refractivity contribution in [2.24, 2.45) is 5.73 Å². The van der Waals surface area contributed by atoms with E-state index in [0.717, 1.165) is 16.9 Å². The van der Waals surface area contributed by atoms with Crippen LogP contribution in [0.1, 0.15) is 11.4 Å². The molecule has 0 aliphatic heterocycles. The van der Waals surface area contributed by atoms with Gasteiger partial charge in [0.2, 0.25) is 0 Å². The molecule has 0 spiro atoms. The summed E-state index contributed by atoms with van der Waals surface area (Å²) in [5, 5.41) is 8.85. The van der Waals surface area contributed by atoms with Gasteiger partial charge in [0.1, 0.15) is 5.82 Å². The molecule has 2 aromatic heterocycles. The molecule has 0 aromatic carbocycles. The van der Waals surface area contributed by atoms with E-state index in [4.69, 9.17) is 10.8 Å². The summed E-state index contributed by atoms with van der Waals surface area (Å²) in [6, 6.07) is 3.93. The standard InChI is InChI=1S/C10H13N3O/c11-6-8-2-1-4-13-9(8)7-12-10(13)3-5-14/h1-2,4,7,14H,3,5-6,11H2. The monoisotopic (exact) mass is 191 g/mol. The van der Waals surface area contributed by atoms with Crippen molar-refractivity contribution in [3.63, 3.8) is 0 Å². The molecule has 2 rings (SSSR count). The molecule has 0 aliphatic carbocycles. The molecule has 0 aliphatic rings. The molecule has 0 saturated carbocycles. The third-order valence-electron chi connectivity index (χ3n) is 2.29. The van der Waals surface area contributed by atoms with Crippen LogP contribution in [0.5, 0.6) is 0 Å². The lowest BCUT2D eigenvalue weighted by Crippen LogP contribution is -2.01. The first kappa shape index (κ1) is 9.18. The Bertz CT molecular complexity index is 436. The molecular formula is C10H13N3O. The van der Waals surface area contributed by atoms with E-state index in [1.54, 1.807) is 6.20 Å². The Kier molecular flexibility index (Phi) is 2.47. The largest absolute Gasteiger partial charge is 0.396 e. The Balaban J connectivity index is 2.57. The molecule has 2 aromatic rings. The molecule has 4 nitrogen and oxygen atoms in total. The van der Waals surface area contributed by atoms with Gasteiger partial charge in [-0.05, 0) is 11.6 Å². The number of aliphatic hydroxyl groups is 1. The predicted molar refractivity (Wildman–Crippen MR) is 53.9 cm³/mol. The third kappa shape index (κ3) is 1.38. The normalized spacial score (nSPS) is 11.0. The highest BCUT2D eigenvalue weighted by Gasteiger charge is 2.04. The fraction of sp³-hybridized carbons (Fsp3) is 0.300. The molecule has 0 bridgehead atoms. The molecule has 3 N–H and O–H groups in total. The zero-order valence-corrected chi connectivity index (χ0v) is 7.85. The Labute approximate surface area is 82.0 Å². The van der Waals surface area contributed by atoms with Crippen LogP contribution < -0.4 is 5.73 Å². The summed E-state index contributed by atoms with van der Waals surface area (Å²) in [5.41, 5.74) is 7.71. The Morgan fingerprint density at radius 3 is 3.07 bits per heavy atom. The summed E-state index contributed by atoms with van der Waals surface area (Å²) >= 11 is 0. The molecule has 14 heavy (non-hydrogen) atoms. The van der Waals surface area contributed by atoms with Gasteiger partial charge in [-0.25, -0.2) is 4.98 Å². The summed E-state index contributed by atoms with van der Waals surface area (Å²) in [4.78, 5) is 4.24. The van der Waals surface area contributed by atoms with Gasteiger partial charge in [-0.1, -0.05) is 6.07 Å². The average molecular weight is 191 g/mol. The van der Waals surface area contributed by atoms with Crippen molar-refractivity contribution in [2.45, 2.75) is 13.0 Å². The second-order valence-electron chi connectivity index (χ2n) is 3.14. The zero-order valence-electron chi connectivity index (χ0n) is 7.85. The van der Waals surface area contributed by atoms with Gasteiger partial charge < -0.3 is 15.2 Å². The molecule has 0 radical (unpaired) electrons. The Morgan fingerprint density at radius 2 is 2.36 bits per heavy atom. The number of fused-ring (bicyclic) bond motifs is 1. The number of nitrogens with zero attached hydrogens (tertiary/aromatic N) is 2. The fourth-order valence-electron chi connectivity index (χ4n) is 1.59. The molecule has 0 unspecified atom stereocenters. The number of imidazole rings is 1. The number of hydrogen-bond acceptors (Lipinski definition) is 3. The van der Waals surface area contributed by atoms with Crippen molar-refractivity contribution >= 4 is 5.52 Å². The number of aromatic nitrogens is 2. The van der Waals surface area contributed by atoms with Gasteiger partial charge in [0.15, 0.2) is 0 Å². The summed E-state index contributed by atoms with van der Waals surface area (Å²) in [7, 11) is 0. The van der Waals surface area contributed by atoms with Gasteiger partial charge in [0.05, 0.1) is 18.3 Å². The SMILES string of the molecule is NCc1cccn2c(CCO)ncc12. The molecule has 4 heteroatoms. The van der Waals surface area contributed by atoms with E-state index in [9.17, 15) is 0 Å². The lowest BCUT2D eigenvalue weighted by molar-refractivity contribution is 0.296. The maximum Gasteiger partial charge on any atom is 0.115 e. The van der Waals surface area contributed by atoms with Crippen molar-refractivity contribution in [3.8, 4) is 0 Å². The van der Waals surface area contributed by atoms with Crippen LogP contribution in [-0.4, -0.2) is 21.1 Å². The number of nitrogens with two attached hydrogens (primary N) is 1. The molecule has 0 atom stereocenters. The summed E-state index contributed by atoms with van der Waals surface area (Å²) in [6.07, 6.45) is 4.31. The van der Waals surface area contributed by atoms with Crippen LogP contribution in [0, 0.1) is 0 Å². The van der Waals surface area contributed by atoms with Gasteiger partial charge in [0.25, 0.3) is 0 Å². The third-order valence-corrected chi connectivity index (χ3v) is 2.29. The summed E-state index contributed by atoms with van der Waals surface area (Å²) in [5.74, 6) is 0.873. The van der Waals surface area contributed by atoms with Gasteiger partial charge >= 0.3 is 0 Å². The van der Waals surface area contributed by atoms with E-state index < -0.39 is 0 Å². The van der Waals surface area contributed by atoms with Crippen LogP contribution in [-0.2, 0) is 13.0 Å². The maximum absolute atomic E-state index is 8.85. The topological polar surface area (TPSA) is 63.5 Å². The van der Waals surface area contributed by atoms with E-state index >= 15 is 0 Å². The number of pyridine rings is 1. The quantitative estimate of drug-likeness (QED) is 0.734. The molecule has 0 saturated heterocycles. The summed E-state index contributed by atoms with van der Waals surface area (Å²) in [6.45, 7) is 0.626. The first-order valence-electron chi connectivity index (χ1n) is 4.61. The van der Waals surface area contributed by atoms with Crippen molar-refractivity contribution in [1.29, 1.82) is 0 Å². The molecular weight excluding hydrogens is 178 g/mol. The first-order valence-corrected chi connectivity index (χ1v) is 4.61. The van der Waals surface area contributed by atoms with Gasteiger partial charge in [0, 0.05) is 19.2 Å². The second kappa shape index (κ2) is 3.77. The van der Waals surface area contributed by atoms with Crippen LogP contribution in [0.3, 0.4) is 0 Å². The van der Waals surface area contributed by atoms with Gasteiger partial charge in [-0.3, -0.25) is 0 Å². The lowest BCUT2D eigenvalue weighted by Gasteiger charge is -2.02. The van der Waals surface area contributed by atoms with Crippen molar-refractivity contribution in [3.05, 3.63) is 35.9 Å². The number of aliphatic hydroxyl groups excluding tert-OH is 1. The van der Waals surface area contributed by atoms with Gasteiger partial charge in [-0.2, -0.15) is 0 Å². The highest BCUT2D eigenvalue weighted by atomic mass is 16.3. The smallest absolute Gasteiger partial charge is 0.115 e. The molecule has 0 fully saturated rings. The van der Waals surface area contributed by atoms with Crippen molar-refractivity contribution < 1.29 is 5.11 Å². The molecule has 74 valence electrons. The van der Waals surface area contributed by atoms with Crippen LogP contribution in [0.25, 0.3) is 5.52 Å². The average Bonchev–Trinajstić information content (AvgIpc) is 2.62. The molecule has 2 heterocycles. The summed E-state index contributed by atoms with van der Waals surface area (Å²) < 4.78 is 1.97. The zero-order chi connectivity index (χ0) is 9.97.